The lowest BCUT2D eigenvalue weighted by molar-refractivity contribution is -0.139. The van der Waals surface area contributed by atoms with E-state index in [9.17, 15) is 22.4 Å². The number of aryl methyl sites for hydroxylation is 1. The fourth-order valence-corrected chi connectivity index (χ4v) is 5.73. The third-order valence-electron chi connectivity index (χ3n) is 6.94. The van der Waals surface area contributed by atoms with Crippen LogP contribution in [0.4, 0.5) is 10.1 Å². The first-order valence-electron chi connectivity index (χ1n) is 13.6. The smallest absolute Gasteiger partial charge is 0.264 e. The third kappa shape index (κ3) is 7.79. The lowest BCUT2D eigenvalue weighted by Gasteiger charge is -2.32. The second-order valence-corrected chi connectivity index (χ2v) is 11.9. The van der Waals surface area contributed by atoms with Crippen molar-refractivity contribution < 1.29 is 31.9 Å². The van der Waals surface area contributed by atoms with Gasteiger partial charge in [0.15, 0.2) is 11.5 Å². The molecule has 0 aromatic heterocycles. The van der Waals surface area contributed by atoms with Crippen molar-refractivity contribution in [1.82, 2.24) is 10.2 Å². The fraction of sp³-hybridized carbons (Fsp3) is 0.355. The molecule has 0 spiro atoms. The van der Waals surface area contributed by atoms with Crippen molar-refractivity contribution in [1.29, 1.82) is 0 Å². The van der Waals surface area contributed by atoms with Crippen LogP contribution in [-0.2, 0) is 26.2 Å². The number of carbonyl (C=O) groups is 2. The average molecular weight is 600 g/mol. The molecule has 0 heterocycles. The van der Waals surface area contributed by atoms with Gasteiger partial charge in [-0.15, -0.1) is 0 Å². The summed E-state index contributed by atoms with van der Waals surface area (Å²) < 4.78 is 53.3. The molecule has 0 bridgehead atoms. The quantitative estimate of drug-likeness (QED) is 0.306. The lowest BCUT2D eigenvalue weighted by atomic mass is 10.1. The van der Waals surface area contributed by atoms with Crippen LogP contribution in [0.1, 0.15) is 38.3 Å². The highest BCUT2D eigenvalue weighted by atomic mass is 32.2. The van der Waals surface area contributed by atoms with Crippen molar-refractivity contribution in [3.63, 3.8) is 0 Å². The maximum Gasteiger partial charge on any atom is 0.264 e. The van der Waals surface area contributed by atoms with Crippen molar-refractivity contribution in [2.75, 3.05) is 25.1 Å². The van der Waals surface area contributed by atoms with Gasteiger partial charge in [-0.1, -0.05) is 36.8 Å². The Morgan fingerprint density at radius 2 is 1.62 bits per heavy atom. The summed E-state index contributed by atoms with van der Waals surface area (Å²) in [5.74, 6) is -1.03. The van der Waals surface area contributed by atoms with Crippen LogP contribution in [-0.4, -0.2) is 58.0 Å². The molecule has 3 rings (SSSR count). The van der Waals surface area contributed by atoms with Gasteiger partial charge in [0.25, 0.3) is 10.0 Å². The summed E-state index contributed by atoms with van der Waals surface area (Å²) in [6.45, 7) is 6.75. The number of carbonyl (C=O) groups excluding carboxylic acids is 2. The number of ether oxygens (including phenoxy) is 2. The number of hydrogen-bond donors (Lipinski definition) is 1. The van der Waals surface area contributed by atoms with Crippen molar-refractivity contribution in [3.05, 3.63) is 83.7 Å². The molecule has 9 nitrogen and oxygen atoms in total. The number of halogens is 1. The molecule has 0 aliphatic carbocycles. The number of sulfonamides is 1. The minimum Gasteiger partial charge on any atom is -0.493 e. The summed E-state index contributed by atoms with van der Waals surface area (Å²) in [5, 5.41) is 2.90. The summed E-state index contributed by atoms with van der Waals surface area (Å²) in [6.07, 6.45) is 0.701. The SMILES string of the molecule is CCC(C)NC(=O)C(C)N(Cc1cccc(C)c1)C(=O)CN(c1ccc(F)cc1)S(=O)(=O)c1ccc(OC)c(OC)c1. The van der Waals surface area contributed by atoms with Crippen LogP contribution in [0.5, 0.6) is 11.5 Å². The van der Waals surface area contributed by atoms with Gasteiger partial charge in [0.1, 0.15) is 18.4 Å². The van der Waals surface area contributed by atoms with Crippen LogP contribution < -0.4 is 19.1 Å². The van der Waals surface area contributed by atoms with E-state index >= 15 is 0 Å². The second-order valence-electron chi connectivity index (χ2n) is 10.0. The molecule has 11 heteroatoms. The summed E-state index contributed by atoms with van der Waals surface area (Å²) in [7, 11) is -1.57. The molecule has 42 heavy (non-hydrogen) atoms. The standard InChI is InChI=1S/C31H38FN3O6S/c1-7-22(3)33-31(37)23(4)34(19-24-10-8-9-21(2)17-24)30(36)20-35(26-13-11-25(32)12-14-26)42(38,39)27-15-16-28(40-5)29(18-27)41-6/h8-18,22-23H,7,19-20H2,1-6H3,(H,33,37). The van der Waals surface area contributed by atoms with E-state index in [4.69, 9.17) is 9.47 Å². The van der Waals surface area contributed by atoms with Crippen LogP contribution >= 0.6 is 0 Å². The summed E-state index contributed by atoms with van der Waals surface area (Å²) >= 11 is 0. The molecule has 0 saturated heterocycles. The van der Waals surface area contributed by atoms with Crippen molar-refractivity contribution in [2.45, 2.75) is 57.6 Å². The first-order chi connectivity index (χ1) is 19.9. The molecule has 3 aromatic carbocycles. The van der Waals surface area contributed by atoms with Gasteiger partial charge in [-0.3, -0.25) is 13.9 Å². The Labute approximate surface area is 247 Å². The van der Waals surface area contributed by atoms with E-state index < -0.39 is 34.3 Å². The zero-order chi connectivity index (χ0) is 31.0. The number of rotatable bonds is 13. The Morgan fingerprint density at radius 3 is 2.21 bits per heavy atom. The zero-order valence-corrected chi connectivity index (χ0v) is 25.6. The largest absolute Gasteiger partial charge is 0.493 e. The number of nitrogens with zero attached hydrogens (tertiary/aromatic N) is 2. The van der Waals surface area contributed by atoms with E-state index in [1.807, 2.05) is 45.0 Å². The molecule has 0 saturated carbocycles. The highest BCUT2D eigenvalue weighted by molar-refractivity contribution is 7.92. The fourth-order valence-electron chi connectivity index (χ4n) is 4.30. The van der Waals surface area contributed by atoms with Gasteiger partial charge in [-0.05, 0) is 69.2 Å². The maximum absolute atomic E-state index is 14.0. The average Bonchev–Trinajstić information content (AvgIpc) is 2.98. The highest BCUT2D eigenvalue weighted by Crippen LogP contribution is 2.32. The molecule has 0 aliphatic heterocycles. The van der Waals surface area contributed by atoms with Gasteiger partial charge in [0.2, 0.25) is 11.8 Å². The zero-order valence-electron chi connectivity index (χ0n) is 24.8. The Morgan fingerprint density at radius 1 is 0.952 bits per heavy atom. The molecule has 2 unspecified atom stereocenters. The van der Waals surface area contributed by atoms with E-state index in [1.165, 1.54) is 49.5 Å². The third-order valence-corrected chi connectivity index (χ3v) is 8.71. The molecule has 1 N–H and O–H groups in total. The molecule has 2 amide bonds. The molecule has 0 radical (unpaired) electrons. The number of amides is 2. The number of anilines is 1. The highest BCUT2D eigenvalue weighted by Gasteiger charge is 2.33. The monoisotopic (exact) mass is 599 g/mol. The van der Waals surface area contributed by atoms with E-state index in [0.717, 1.165) is 27.6 Å². The van der Waals surface area contributed by atoms with Crippen molar-refractivity contribution in [3.8, 4) is 11.5 Å². The molecular weight excluding hydrogens is 561 g/mol. The minimum absolute atomic E-state index is 0.0727. The molecule has 226 valence electrons. The van der Waals surface area contributed by atoms with Crippen LogP contribution in [0.15, 0.2) is 71.6 Å². The van der Waals surface area contributed by atoms with Gasteiger partial charge < -0.3 is 19.7 Å². The van der Waals surface area contributed by atoms with E-state index in [-0.39, 0.29) is 34.8 Å². The summed E-state index contributed by atoms with van der Waals surface area (Å²) in [5.41, 5.74) is 1.83. The number of benzene rings is 3. The van der Waals surface area contributed by atoms with E-state index in [2.05, 4.69) is 5.32 Å². The van der Waals surface area contributed by atoms with Gasteiger partial charge in [0.05, 0.1) is 24.8 Å². The predicted molar refractivity (Wildman–Crippen MR) is 160 cm³/mol. The molecule has 0 fully saturated rings. The topological polar surface area (TPSA) is 105 Å². The Hall–Kier alpha value is -4.12. The predicted octanol–water partition coefficient (Wildman–Crippen LogP) is 4.68. The van der Waals surface area contributed by atoms with Crippen LogP contribution in [0, 0.1) is 12.7 Å². The first-order valence-corrected chi connectivity index (χ1v) is 15.0. The molecular formula is C31H38FN3O6S. The van der Waals surface area contributed by atoms with Gasteiger partial charge in [-0.2, -0.15) is 0 Å². The molecule has 2 atom stereocenters. The van der Waals surface area contributed by atoms with Crippen molar-refractivity contribution in [2.24, 2.45) is 0 Å². The summed E-state index contributed by atoms with van der Waals surface area (Å²) in [6, 6.07) is 15.4. The minimum atomic E-state index is -4.37. The Balaban J connectivity index is 2.06. The van der Waals surface area contributed by atoms with Crippen molar-refractivity contribution >= 4 is 27.5 Å². The number of nitrogens with one attached hydrogen (secondary N) is 1. The normalized spacial score (nSPS) is 12.6. The summed E-state index contributed by atoms with van der Waals surface area (Å²) in [4.78, 5) is 28.4. The maximum atomic E-state index is 14.0. The number of hydrogen-bond acceptors (Lipinski definition) is 6. The second kappa shape index (κ2) is 14.2. The van der Waals surface area contributed by atoms with Gasteiger partial charge in [-0.25, -0.2) is 12.8 Å². The van der Waals surface area contributed by atoms with E-state index in [0.29, 0.717) is 12.2 Å². The Kier molecular flexibility index (Phi) is 10.9. The van der Waals surface area contributed by atoms with Crippen LogP contribution in [0.2, 0.25) is 0 Å². The number of methoxy groups -OCH3 is 2. The first kappa shape index (κ1) is 32.4. The van der Waals surface area contributed by atoms with E-state index in [1.54, 1.807) is 6.92 Å². The Bertz CT molecular complexity index is 1500. The molecule has 0 aliphatic rings. The lowest BCUT2D eigenvalue weighted by Crippen LogP contribution is -2.52. The van der Waals surface area contributed by atoms with Crippen LogP contribution in [0.3, 0.4) is 0 Å². The molecule has 3 aromatic rings. The van der Waals surface area contributed by atoms with Crippen LogP contribution in [0.25, 0.3) is 0 Å². The van der Waals surface area contributed by atoms with Gasteiger partial charge >= 0.3 is 0 Å². The van der Waals surface area contributed by atoms with Gasteiger partial charge in [0, 0.05) is 18.7 Å².